The summed E-state index contributed by atoms with van der Waals surface area (Å²) in [6.45, 7) is 0.583. The van der Waals surface area contributed by atoms with Crippen LogP contribution in [-0.2, 0) is 4.79 Å². The van der Waals surface area contributed by atoms with Crippen LogP contribution in [0.15, 0.2) is 0 Å². The Hall–Kier alpha value is -0.0126. The Kier molecular flexibility index (Phi) is 9.98. The molecular formula is C6H13LiN2O2. The summed E-state index contributed by atoms with van der Waals surface area (Å²) < 4.78 is 0. The van der Waals surface area contributed by atoms with Gasteiger partial charge in [-0.05, 0) is 19.4 Å². The third-order valence-electron chi connectivity index (χ3n) is 1.27. The van der Waals surface area contributed by atoms with Crippen molar-refractivity contribution in [3.8, 4) is 0 Å². The van der Waals surface area contributed by atoms with Crippen molar-refractivity contribution in [2.75, 3.05) is 6.54 Å². The molecule has 1 atom stereocenters. The molecule has 0 fully saturated rings. The molecule has 0 saturated heterocycles. The largest absolute Gasteiger partial charge is 1.00 e. The maximum atomic E-state index is 10.0. The SMILES string of the molecule is NCCCCC(N)C(=O)[O-].[Li+]. The molecule has 60 valence electrons. The molecule has 0 amide bonds. The number of aliphatic carboxylic acids is 1. The van der Waals surface area contributed by atoms with Crippen molar-refractivity contribution in [1.82, 2.24) is 0 Å². The monoisotopic (exact) mass is 152 g/mol. The van der Waals surface area contributed by atoms with Crippen LogP contribution in [0.5, 0.6) is 0 Å². The Labute approximate surface area is 78.5 Å². The first kappa shape index (κ1) is 13.6. The fraction of sp³-hybridized carbons (Fsp3) is 0.833. The van der Waals surface area contributed by atoms with E-state index in [2.05, 4.69) is 0 Å². The van der Waals surface area contributed by atoms with Gasteiger partial charge >= 0.3 is 18.9 Å². The second-order valence-electron chi connectivity index (χ2n) is 2.21. The summed E-state index contributed by atoms with van der Waals surface area (Å²) in [5, 5.41) is 10.0. The van der Waals surface area contributed by atoms with E-state index in [1.165, 1.54) is 0 Å². The summed E-state index contributed by atoms with van der Waals surface area (Å²) in [5.41, 5.74) is 10.3. The summed E-state index contributed by atoms with van der Waals surface area (Å²) in [4.78, 5) is 10.0. The van der Waals surface area contributed by atoms with Crippen LogP contribution in [0, 0.1) is 0 Å². The molecule has 4 nitrogen and oxygen atoms in total. The minimum Gasteiger partial charge on any atom is -0.548 e. The number of carbonyl (C=O) groups is 1. The average Bonchev–Trinajstić information content (AvgIpc) is 1.88. The van der Waals surface area contributed by atoms with Crippen molar-refractivity contribution in [3.63, 3.8) is 0 Å². The molecule has 0 aromatic heterocycles. The summed E-state index contributed by atoms with van der Waals surface area (Å²) in [5.74, 6) is -1.18. The zero-order chi connectivity index (χ0) is 7.98. The van der Waals surface area contributed by atoms with Crippen molar-refractivity contribution in [2.24, 2.45) is 11.5 Å². The molecular weight excluding hydrogens is 139 g/mol. The van der Waals surface area contributed by atoms with E-state index in [4.69, 9.17) is 11.5 Å². The van der Waals surface area contributed by atoms with E-state index in [9.17, 15) is 9.90 Å². The van der Waals surface area contributed by atoms with Gasteiger partial charge in [0.25, 0.3) is 0 Å². The van der Waals surface area contributed by atoms with Crippen LogP contribution in [0.25, 0.3) is 0 Å². The van der Waals surface area contributed by atoms with Gasteiger partial charge in [0.2, 0.25) is 0 Å². The Morgan fingerprint density at radius 3 is 2.36 bits per heavy atom. The molecule has 0 aromatic rings. The van der Waals surface area contributed by atoms with Crippen LogP contribution in [0.2, 0.25) is 0 Å². The molecule has 0 aliphatic heterocycles. The van der Waals surface area contributed by atoms with E-state index in [-0.39, 0.29) is 18.9 Å². The average molecular weight is 152 g/mol. The molecule has 0 saturated carbocycles. The molecule has 0 rings (SSSR count). The second kappa shape index (κ2) is 8.09. The minimum absolute atomic E-state index is 0. The summed E-state index contributed by atoms with van der Waals surface area (Å²) in [6.07, 6.45) is 2.03. The third-order valence-corrected chi connectivity index (χ3v) is 1.27. The molecule has 1 unspecified atom stereocenters. The number of hydrogen-bond acceptors (Lipinski definition) is 4. The van der Waals surface area contributed by atoms with E-state index in [0.29, 0.717) is 13.0 Å². The maximum absolute atomic E-state index is 10.0. The van der Waals surface area contributed by atoms with Crippen molar-refractivity contribution in [1.29, 1.82) is 0 Å². The van der Waals surface area contributed by atoms with Crippen LogP contribution >= 0.6 is 0 Å². The Morgan fingerprint density at radius 1 is 1.45 bits per heavy atom. The third kappa shape index (κ3) is 7.89. The van der Waals surface area contributed by atoms with Crippen molar-refractivity contribution < 1.29 is 28.8 Å². The van der Waals surface area contributed by atoms with Gasteiger partial charge < -0.3 is 21.4 Å². The molecule has 0 aliphatic carbocycles. The van der Waals surface area contributed by atoms with Gasteiger partial charge in [0.1, 0.15) is 0 Å². The predicted molar refractivity (Wildman–Crippen MR) is 35.9 cm³/mol. The molecule has 0 aliphatic rings. The molecule has 0 bridgehead atoms. The van der Waals surface area contributed by atoms with E-state index in [1.54, 1.807) is 0 Å². The van der Waals surface area contributed by atoms with E-state index >= 15 is 0 Å². The van der Waals surface area contributed by atoms with Gasteiger partial charge in [0.15, 0.2) is 0 Å². The summed E-state index contributed by atoms with van der Waals surface area (Å²) >= 11 is 0. The van der Waals surface area contributed by atoms with Crippen LogP contribution in [-0.4, -0.2) is 18.6 Å². The Bertz CT molecular complexity index is 111. The summed E-state index contributed by atoms with van der Waals surface area (Å²) in [7, 11) is 0. The van der Waals surface area contributed by atoms with Crippen molar-refractivity contribution >= 4 is 5.97 Å². The first-order valence-electron chi connectivity index (χ1n) is 3.35. The van der Waals surface area contributed by atoms with Crippen LogP contribution in [0.3, 0.4) is 0 Å². The van der Waals surface area contributed by atoms with E-state index < -0.39 is 12.0 Å². The molecule has 11 heavy (non-hydrogen) atoms. The molecule has 0 aromatic carbocycles. The van der Waals surface area contributed by atoms with Crippen LogP contribution in [0.1, 0.15) is 19.3 Å². The van der Waals surface area contributed by atoms with Crippen LogP contribution < -0.4 is 35.4 Å². The van der Waals surface area contributed by atoms with Gasteiger partial charge in [0, 0.05) is 6.04 Å². The van der Waals surface area contributed by atoms with E-state index in [0.717, 1.165) is 12.8 Å². The number of rotatable bonds is 5. The Morgan fingerprint density at radius 2 is 2.00 bits per heavy atom. The number of carboxylic acids is 1. The topological polar surface area (TPSA) is 92.2 Å². The fourth-order valence-electron chi connectivity index (χ4n) is 0.626. The van der Waals surface area contributed by atoms with Crippen LogP contribution in [0.4, 0.5) is 0 Å². The maximum Gasteiger partial charge on any atom is 1.00 e. The first-order chi connectivity index (χ1) is 4.68. The molecule has 4 N–H and O–H groups in total. The number of carboxylic acid groups (broad SMARTS) is 1. The number of unbranched alkanes of at least 4 members (excludes halogenated alkanes) is 1. The van der Waals surface area contributed by atoms with E-state index in [1.807, 2.05) is 0 Å². The van der Waals surface area contributed by atoms with Gasteiger partial charge in [-0.25, -0.2) is 0 Å². The van der Waals surface area contributed by atoms with Gasteiger partial charge in [-0.2, -0.15) is 0 Å². The molecule has 0 radical (unpaired) electrons. The zero-order valence-electron chi connectivity index (χ0n) is 6.88. The quantitative estimate of drug-likeness (QED) is 0.305. The fourth-order valence-corrected chi connectivity index (χ4v) is 0.626. The normalized spacial score (nSPS) is 11.8. The first-order valence-corrected chi connectivity index (χ1v) is 3.35. The van der Waals surface area contributed by atoms with Crippen molar-refractivity contribution in [2.45, 2.75) is 25.3 Å². The minimum atomic E-state index is -1.18. The zero-order valence-corrected chi connectivity index (χ0v) is 6.88. The predicted octanol–water partition coefficient (Wildman–Crippen LogP) is -4.80. The number of hydrogen-bond donors (Lipinski definition) is 2. The second-order valence-corrected chi connectivity index (χ2v) is 2.21. The van der Waals surface area contributed by atoms with Gasteiger partial charge in [0.05, 0.1) is 5.97 Å². The van der Waals surface area contributed by atoms with Gasteiger partial charge in [-0.3, -0.25) is 0 Å². The van der Waals surface area contributed by atoms with Gasteiger partial charge in [-0.1, -0.05) is 6.42 Å². The number of carbonyl (C=O) groups excluding carboxylic acids is 1. The van der Waals surface area contributed by atoms with Crippen molar-refractivity contribution in [3.05, 3.63) is 0 Å². The smallest absolute Gasteiger partial charge is 0.548 e. The Balaban J connectivity index is 0. The molecule has 0 spiro atoms. The molecule has 5 heteroatoms. The van der Waals surface area contributed by atoms with Gasteiger partial charge in [-0.15, -0.1) is 0 Å². The molecule has 0 heterocycles. The number of nitrogens with two attached hydrogens (primary N) is 2. The summed E-state index contributed by atoms with van der Waals surface area (Å²) in [6, 6.07) is -0.827. The standard InChI is InChI=1S/C6H14N2O2.Li/c7-4-2-1-3-5(8)6(9)10;/h5H,1-4,7-8H2,(H,9,10);/q;+1/p-1.